The minimum absolute atomic E-state index is 0.0639. The number of imidazole rings is 1. The second-order valence-corrected chi connectivity index (χ2v) is 6.23. The third-order valence-corrected chi connectivity index (χ3v) is 4.57. The second kappa shape index (κ2) is 5.51. The van der Waals surface area contributed by atoms with Crippen LogP contribution in [0.3, 0.4) is 0 Å². The number of ketones is 1. The number of rotatable bonds is 4. The quantitative estimate of drug-likeness (QED) is 0.535. The molecule has 0 radical (unpaired) electrons. The molecule has 0 aliphatic heterocycles. The fraction of sp³-hybridized carbons (Fsp3) is 0.200. The van der Waals surface area contributed by atoms with Crippen molar-refractivity contribution in [2.24, 2.45) is 5.92 Å². The van der Waals surface area contributed by atoms with Gasteiger partial charge in [0.15, 0.2) is 5.78 Å². The van der Waals surface area contributed by atoms with Crippen LogP contribution >= 0.6 is 0 Å². The van der Waals surface area contributed by atoms with E-state index >= 15 is 0 Å². The van der Waals surface area contributed by atoms with E-state index in [1.54, 1.807) is 12.5 Å². The number of aromatic nitrogens is 2. The Morgan fingerprint density at radius 1 is 1.17 bits per heavy atom. The Bertz CT molecular complexity index is 865. The normalized spacial score (nSPS) is 13.4. The first-order valence-electron chi connectivity index (χ1n) is 7.93. The molecule has 1 heterocycles. The minimum Gasteiger partial charge on any atom is -0.337 e. The van der Waals surface area contributed by atoms with Gasteiger partial charge in [-0.25, -0.2) is 4.98 Å². The highest BCUT2D eigenvalue weighted by Crippen LogP contribution is 2.36. The summed E-state index contributed by atoms with van der Waals surface area (Å²) in [5.74, 6) is 0.128. The average Bonchev–Trinajstić information content (AvgIpc) is 3.20. The van der Waals surface area contributed by atoms with Crippen molar-refractivity contribution in [2.45, 2.75) is 19.9 Å². The molecule has 1 atom stereocenters. The zero-order chi connectivity index (χ0) is 15.8. The number of carbonyl (C=O) groups is 1. The van der Waals surface area contributed by atoms with Crippen LogP contribution in [0.2, 0.25) is 0 Å². The molecule has 3 aromatic rings. The van der Waals surface area contributed by atoms with E-state index in [9.17, 15) is 4.79 Å². The molecule has 0 amide bonds. The predicted molar refractivity (Wildman–Crippen MR) is 90.4 cm³/mol. The Kier molecular flexibility index (Phi) is 3.34. The summed E-state index contributed by atoms with van der Waals surface area (Å²) in [6, 6.07) is 14.6. The van der Waals surface area contributed by atoms with Crippen molar-refractivity contribution in [1.82, 2.24) is 9.55 Å². The van der Waals surface area contributed by atoms with Crippen LogP contribution in [-0.2, 0) is 13.0 Å². The Morgan fingerprint density at radius 3 is 2.83 bits per heavy atom. The number of nitrogens with zero attached hydrogens (tertiary/aromatic N) is 2. The summed E-state index contributed by atoms with van der Waals surface area (Å²) in [6.07, 6.45) is 6.30. The van der Waals surface area contributed by atoms with E-state index in [2.05, 4.69) is 41.4 Å². The van der Waals surface area contributed by atoms with Crippen molar-refractivity contribution in [3.05, 3.63) is 77.9 Å². The van der Waals surface area contributed by atoms with Gasteiger partial charge in [-0.2, -0.15) is 0 Å². The van der Waals surface area contributed by atoms with E-state index in [4.69, 9.17) is 0 Å². The molecule has 0 spiro atoms. The van der Waals surface area contributed by atoms with Crippen LogP contribution in [0.4, 0.5) is 0 Å². The van der Waals surface area contributed by atoms with Gasteiger partial charge < -0.3 is 4.57 Å². The molecule has 3 heteroatoms. The van der Waals surface area contributed by atoms with Gasteiger partial charge in [0.2, 0.25) is 0 Å². The summed E-state index contributed by atoms with van der Waals surface area (Å²) in [5, 5.41) is 0. The van der Waals surface area contributed by atoms with Gasteiger partial charge in [-0.3, -0.25) is 4.79 Å². The molecule has 0 saturated carbocycles. The molecule has 0 N–H and O–H groups in total. The number of fused-ring (bicyclic) bond motifs is 3. The van der Waals surface area contributed by atoms with E-state index in [1.165, 1.54) is 22.3 Å². The molecule has 3 nitrogen and oxygen atoms in total. The maximum Gasteiger partial charge on any atom is 0.167 e. The molecule has 4 rings (SSSR count). The fourth-order valence-electron chi connectivity index (χ4n) is 3.38. The topological polar surface area (TPSA) is 34.9 Å². The third kappa shape index (κ3) is 2.48. The number of hydrogen-bond donors (Lipinski definition) is 0. The molecule has 0 saturated heterocycles. The van der Waals surface area contributed by atoms with Crippen molar-refractivity contribution in [3.63, 3.8) is 0 Å². The zero-order valence-electron chi connectivity index (χ0n) is 13.1. The first-order chi connectivity index (χ1) is 11.2. The summed E-state index contributed by atoms with van der Waals surface area (Å²) in [6.45, 7) is 2.64. The molecule has 0 bridgehead atoms. The highest BCUT2D eigenvalue weighted by molar-refractivity contribution is 5.98. The molecule has 1 aliphatic carbocycles. The molecule has 1 unspecified atom stereocenters. The lowest BCUT2D eigenvalue weighted by molar-refractivity contribution is 0.0918. The summed E-state index contributed by atoms with van der Waals surface area (Å²) < 4.78 is 1.95. The lowest BCUT2D eigenvalue weighted by atomic mass is 9.95. The average molecular weight is 302 g/mol. The lowest BCUT2D eigenvalue weighted by Gasteiger charge is -2.12. The maximum atomic E-state index is 12.7. The Hall–Kier alpha value is -2.68. The molecule has 1 aliphatic rings. The molecule has 2 aromatic carbocycles. The van der Waals surface area contributed by atoms with Gasteiger partial charge in [0.25, 0.3) is 0 Å². The number of Topliss-reactive ketones (excluding diaryl/α,β-unsaturated/α-hetero) is 1. The van der Waals surface area contributed by atoms with Crippen molar-refractivity contribution in [2.75, 3.05) is 0 Å². The van der Waals surface area contributed by atoms with Crippen LogP contribution < -0.4 is 0 Å². The van der Waals surface area contributed by atoms with Gasteiger partial charge >= 0.3 is 0 Å². The van der Waals surface area contributed by atoms with E-state index < -0.39 is 0 Å². The van der Waals surface area contributed by atoms with Crippen molar-refractivity contribution >= 4 is 5.78 Å². The molecular weight excluding hydrogens is 284 g/mol. The van der Waals surface area contributed by atoms with Crippen LogP contribution in [0.25, 0.3) is 11.1 Å². The van der Waals surface area contributed by atoms with Crippen LogP contribution in [0.1, 0.15) is 28.4 Å². The lowest BCUT2D eigenvalue weighted by Crippen LogP contribution is -2.17. The summed E-state index contributed by atoms with van der Waals surface area (Å²) in [7, 11) is 0. The fourth-order valence-corrected chi connectivity index (χ4v) is 3.38. The predicted octanol–water partition coefficient (Wildman–Crippen LogP) is 3.97. The van der Waals surface area contributed by atoms with Gasteiger partial charge in [-0.1, -0.05) is 43.3 Å². The summed E-state index contributed by atoms with van der Waals surface area (Å²) in [5.41, 5.74) is 5.97. The largest absolute Gasteiger partial charge is 0.337 e. The van der Waals surface area contributed by atoms with Crippen molar-refractivity contribution in [3.8, 4) is 11.1 Å². The Morgan fingerprint density at radius 2 is 2.00 bits per heavy atom. The monoisotopic (exact) mass is 302 g/mol. The Balaban J connectivity index is 1.59. The summed E-state index contributed by atoms with van der Waals surface area (Å²) >= 11 is 0. The smallest absolute Gasteiger partial charge is 0.167 e. The van der Waals surface area contributed by atoms with E-state index in [1.807, 2.05) is 23.8 Å². The maximum absolute atomic E-state index is 12.7. The molecule has 0 fully saturated rings. The first kappa shape index (κ1) is 13.9. The van der Waals surface area contributed by atoms with E-state index in [0.717, 1.165) is 12.0 Å². The van der Waals surface area contributed by atoms with Gasteiger partial charge in [-0.05, 0) is 34.7 Å². The first-order valence-corrected chi connectivity index (χ1v) is 7.93. The van der Waals surface area contributed by atoms with Crippen LogP contribution in [0, 0.1) is 5.92 Å². The Labute approximate surface area is 135 Å². The van der Waals surface area contributed by atoms with Gasteiger partial charge in [0.1, 0.15) is 0 Å². The van der Waals surface area contributed by atoms with Crippen LogP contribution in [0.15, 0.2) is 61.2 Å². The SMILES string of the molecule is CC(Cn1ccnc1)C(=O)c1ccc2c(c1)Cc1ccccc1-2. The van der Waals surface area contributed by atoms with Gasteiger partial charge in [0, 0.05) is 30.4 Å². The molecular formula is C20H18N2O. The third-order valence-electron chi connectivity index (χ3n) is 4.57. The van der Waals surface area contributed by atoms with Crippen molar-refractivity contribution in [1.29, 1.82) is 0 Å². The minimum atomic E-state index is -0.0639. The van der Waals surface area contributed by atoms with Gasteiger partial charge in [-0.15, -0.1) is 0 Å². The molecule has 1 aromatic heterocycles. The highest BCUT2D eigenvalue weighted by atomic mass is 16.1. The van der Waals surface area contributed by atoms with Crippen molar-refractivity contribution < 1.29 is 4.79 Å². The second-order valence-electron chi connectivity index (χ2n) is 6.23. The van der Waals surface area contributed by atoms with Crippen LogP contribution in [0.5, 0.6) is 0 Å². The van der Waals surface area contributed by atoms with E-state index in [0.29, 0.717) is 6.54 Å². The number of hydrogen-bond acceptors (Lipinski definition) is 2. The highest BCUT2D eigenvalue weighted by Gasteiger charge is 2.21. The molecule has 114 valence electrons. The number of carbonyl (C=O) groups excluding carboxylic acids is 1. The zero-order valence-corrected chi connectivity index (χ0v) is 13.1. The standard InChI is InChI=1S/C20H18N2O/c1-14(12-22-9-8-21-13-22)20(23)16-6-7-19-17(11-16)10-15-4-2-3-5-18(15)19/h2-9,11,13-14H,10,12H2,1H3. The number of benzene rings is 2. The summed E-state index contributed by atoms with van der Waals surface area (Å²) in [4.78, 5) is 16.7. The molecule has 23 heavy (non-hydrogen) atoms. The van der Waals surface area contributed by atoms with E-state index in [-0.39, 0.29) is 11.7 Å². The van der Waals surface area contributed by atoms with Gasteiger partial charge in [0.05, 0.1) is 6.33 Å². The van der Waals surface area contributed by atoms with Crippen LogP contribution in [-0.4, -0.2) is 15.3 Å².